The zero-order chi connectivity index (χ0) is 15.0. The van der Waals surface area contributed by atoms with Gasteiger partial charge in [0.05, 0.1) is 5.38 Å². The second-order valence-electron chi connectivity index (χ2n) is 5.00. The molecule has 0 aliphatic carbocycles. The number of halogens is 3. The van der Waals surface area contributed by atoms with Crippen LogP contribution in [-0.4, -0.2) is 0 Å². The quantitative estimate of drug-likeness (QED) is 0.389. The van der Waals surface area contributed by atoms with Crippen LogP contribution in [0.2, 0.25) is 0 Å². The highest BCUT2D eigenvalue weighted by Crippen LogP contribution is 2.38. The van der Waals surface area contributed by atoms with E-state index in [2.05, 4.69) is 75.2 Å². The van der Waals surface area contributed by atoms with Crippen molar-refractivity contribution < 1.29 is 0 Å². The van der Waals surface area contributed by atoms with E-state index in [0.717, 1.165) is 20.1 Å². The van der Waals surface area contributed by atoms with E-state index in [1.165, 1.54) is 16.3 Å². The minimum atomic E-state index is -0.166. The van der Waals surface area contributed by atoms with E-state index >= 15 is 0 Å². The van der Waals surface area contributed by atoms with Gasteiger partial charge in [0.15, 0.2) is 0 Å². The smallest absolute Gasteiger partial charge is 0.0844 e. The molecular formula is C18H13Br2Cl. The van der Waals surface area contributed by atoms with E-state index < -0.39 is 0 Å². The fraction of sp³-hybridized carbons (Fsp3) is 0.111. The van der Waals surface area contributed by atoms with Gasteiger partial charge in [0, 0.05) is 8.95 Å². The Kier molecular flexibility index (Phi) is 4.39. The summed E-state index contributed by atoms with van der Waals surface area (Å²) >= 11 is 14.0. The molecule has 0 radical (unpaired) electrons. The summed E-state index contributed by atoms with van der Waals surface area (Å²) < 4.78 is 2.18. The minimum Gasteiger partial charge on any atom is -0.113 e. The summed E-state index contributed by atoms with van der Waals surface area (Å²) in [6, 6.07) is 18.7. The predicted octanol–water partition coefficient (Wildman–Crippen LogP) is 7.00. The Morgan fingerprint density at radius 2 is 1.48 bits per heavy atom. The standard InChI is InChI=1S/C18H13Br2Cl/c1-11-12(7-4-8-16(11)19)18(21)15-9-10-17(20)14-6-3-2-5-13(14)15/h2-10,18H,1H3. The summed E-state index contributed by atoms with van der Waals surface area (Å²) in [5.74, 6) is 0. The molecule has 0 fully saturated rings. The zero-order valence-electron chi connectivity index (χ0n) is 11.4. The van der Waals surface area contributed by atoms with Gasteiger partial charge >= 0.3 is 0 Å². The lowest BCUT2D eigenvalue weighted by atomic mass is 9.95. The van der Waals surface area contributed by atoms with E-state index in [-0.39, 0.29) is 5.38 Å². The molecule has 106 valence electrons. The molecule has 0 aliphatic heterocycles. The van der Waals surface area contributed by atoms with Crippen molar-refractivity contribution in [1.82, 2.24) is 0 Å². The molecule has 3 heteroatoms. The Morgan fingerprint density at radius 3 is 2.24 bits per heavy atom. The molecule has 21 heavy (non-hydrogen) atoms. The lowest BCUT2D eigenvalue weighted by molar-refractivity contribution is 1.12. The summed E-state index contributed by atoms with van der Waals surface area (Å²) in [6.45, 7) is 2.09. The molecule has 0 amide bonds. The molecule has 0 saturated heterocycles. The molecule has 0 saturated carbocycles. The molecule has 3 aromatic carbocycles. The van der Waals surface area contributed by atoms with Crippen LogP contribution in [0.15, 0.2) is 63.5 Å². The van der Waals surface area contributed by atoms with Crippen LogP contribution in [0.25, 0.3) is 10.8 Å². The van der Waals surface area contributed by atoms with Crippen molar-refractivity contribution in [3.8, 4) is 0 Å². The molecule has 0 nitrogen and oxygen atoms in total. The lowest BCUT2D eigenvalue weighted by Gasteiger charge is -2.17. The average Bonchev–Trinajstić information content (AvgIpc) is 2.50. The third kappa shape index (κ3) is 2.77. The van der Waals surface area contributed by atoms with Crippen molar-refractivity contribution in [3.63, 3.8) is 0 Å². The van der Waals surface area contributed by atoms with Crippen LogP contribution >= 0.6 is 43.5 Å². The number of hydrogen-bond acceptors (Lipinski definition) is 0. The highest BCUT2D eigenvalue weighted by Gasteiger charge is 2.17. The maximum Gasteiger partial charge on any atom is 0.0844 e. The van der Waals surface area contributed by atoms with Gasteiger partial charge in [0.25, 0.3) is 0 Å². The van der Waals surface area contributed by atoms with Crippen molar-refractivity contribution in [2.75, 3.05) is 0 Å². The predicted molar refractivity (Wildman–Crippen MR) is 98.2 cm³/mol. The molecule has 1 unspecified atom stereocenters. The number of benzene rings is 3. The molecule has 0 heterocycles. The summed E-state index contributed by atoms with van der Waals surface area (Å²) in [6.07, 6.45) is 0. The van der Waals surface area contributed by atoms with Gasteiger partial charge < -0.3 is 0 Å². The Morgan fingerprint density at radius 1 is 0.762 bits per heavy atom. The molecule has 0 bridgehead atoms. The summed E-state index contributed by atoms with van der Waals surface area (Å²) in [5, 5.41) is 2.21. The molecule has 0 aliphatic rings. The van der Waals surface area contributed by atoms with E-state index in [1.807, 2.05) is 18.2 Å². The maximum atomic E-state index is 6.80. The second kappa shape index (κ2) is 6.12. The number of hydrogen-bond donors (Lipinski definition) is 0. The number of rotatable bonds is 2. The summed E-state index contributed by atoms with van der Waals surface area (Å²) in [5.41, 5.74) is 3.46. The van der Waals surface area contributed by atoms with Crippen LogP contribution in [0, 0.1) is 6.92 Å². The number of fused-ring (bicyclic) bond motifs is 1. The van der Waals surface area contributed by atoms with E-state index in [4.69, 9.17) is 11.6 Å². The Bertz CT molecular complexity index is 811. The van der Waals surface area contributed by atoms with E-state index in [0.29, 0.717) is 0 Å². The Hall–Kier alpha value is -0.830. The Labute approximate surface area is 146 Å². The first kappa shape index (κ1) is 15.1. The van der Waals surface area contributed by atoms with Gasteiger partial charge in [-0.05, 0) is 46.5 Å². The van der Waals surface area contributed by atoms with Crippen LogP contribution < -0.4 is 0 Å². The third-order valence-electron chi connectivity index (χ3n) is 3.76. The van der Waals surface area contributed by atoms with Gasteiger partial charge in [-0.2, -0.15) is 0 Å². The molecule has 1 atom stereocenters. The fourth-order valence-corrected chi connectivity index (χ4v) is 3.86. The van der Waals surface area contributed by atoms with Gasteiger partial charge in [-0.15, -0.1) is 11.6 Å². The van der Waals surface area contributed by atoms with Crippen LogP contribution in [0.5, 0.6) is 0 Å². The van der Waals surface area contributed by atoms with Crippen LogP contribution in [0.4, 0.5) is 0 Å². The highest BCUT2D eigenvalue weighted by atomic mass is 79.9. The number of alkyl halides is 1. The molecule has 3 rings (SSSR count). The highest BCUT2D eigenvalue weighted by molar-refractivity contribution is 9.11. The monoisotopic (exact) mass is 422 g/mol. The van der Waals surface area contributed by atoms with Crippen molar-refractivity contribution in [3.05, 3.63) is 80.2 Å². The van der Waals surface area contributed by atoms with Gasteiger partial charge in [-0.1, -0.05) is 74.3 Å². The van der Waals surface area contributed by atoms with Gasteiger partial charge in [-0.3, -0.25) is 0 Å². The van der Waals surface area contributed by atoms with Gasteiger partial charge in [0.2, 0.25) is 0 Å². The lowest BCUT2D eigenvalue weighted by Crippen LogP contribution is -1.98. The zero-order valence-corrected chi connectivity index (χ0v) is 15.3. The average molecular weight is 425 g/mol. The van der Waals surface area contributed by atoms with Gasteiger partial charge in [0.1, 0.15) is 0 Å². The molecule has 0 spiro atoms. The van der Waals surface area contributed by atoms with Crippen LogP contribution in [-0.2, 0) is 0 Å². The summed E-state index contributed by atoms with van der Waals surface area (Å²) in [7, 11) is 0. The van der Waals surface area contributed by atoms with Crippen molar-refractivity contribution in [2.24, 2.45) is 0 Å². The molecular weight excluding hydrogens is 411 g/mol. The largest absolute Gasteiger partial charge is 0.113 e. The van der Waals surface area contributed by atoms with E-state index in [1.54, 1.807) is 0 Å². The first-order valence-corrected chi connectivity index (χ1v) is 8.68. The first-order valence-electron chi connectivity index (χ1n) is 6.66. The fourth-order valence-electron chi connectivity index (χ4n) is 2.57. The maximum absolute atomic E-state index is 6.80. The molecule has 0 aromatic heterocycles. The van der Waals surface area contributed by atoms with Crippen LogP contribution in [0.3, 0.4) is 0 Å². The Balaban J connectivity index is 2.21. The molecule has 3 aromatic rings. The third-order valence-corrected chi connectivity index (χ3v) is 5.78. The minimum absolute atomic E-state index is 0.166. The topological polar surface area (TPSA) is 0 Å². The first-order chi connectivity index (χ1) is 10.1. The van der Waals surface area contributed by atoms with Crippen molar-refractivity contribution in [2.45, 2.75) is 12.3 Å². The van der Waals surface area contributed by atoms with Crippen molar-refractivity contribution >= 4 is 54.2 Å². The van der Waals surface area contributed by atoms with Crippen molar-refractivity contribution in [1.29, 1.82) is 0 Å². The van der Waals surface area contributed by atoms with Crippen LogP contribution in [0.1, 0.15) is 22.1 Å². The SMILES string of the molecule is Cc1c(Br)cccc1C(Cl)c1ccc(Br)c2ccccc12. The second-order valence-corrected chi connectivity index (χ2v) is 7.14. The van der Waals surface area contributed by atoms with Gasteiger partial charge in [-0.25, -0.2) is 0 Å². The van der Waals surface area contributed by atoms with E-state index in [9.17, 15) is 0 Å². The summed E-state index contributed by atoms with van der Waals surface area (Å²) in [4.78, 5) is 0. The molecule has 0 N–H and O–H groups in total. The normalized spacial score (nSPS) is 12.6.